The molecule has 0 nitrogen and oxygen atoms in total. The van der Waals surface area contributed by atoms with Crippen LogP contribution in [0.1, 0.15) is 1.43 Å². The van der Waals surface area contributed by atoms with Crippen LogP contribution >= 0.6 is 0 Å². The molecule has 0 heterocycles. The Hall–Kier alpha value is 0.731. The van der Waals surface area contributed by atoms with Gasteiger partial charge in [0.05, 0.1) is 0 Å². The number of hydrogen-bond acceptors (Lipinski definition) is 0. The molecule has 0 aliphatic rings. The first-order valence-corrected chi connectivity index (χ1v) is 3.12. The van der Waals surface area contributed by atoms with Crippen molar-refractivity contribution in [3.63, 3.8) is 0 Å². The third kappa shape index (κ3) is 7740. The minimum Gasteiger partial charge on any atom is -1.00 e. The predicted molar refractivity (Wildman–Crippen MR) is 42.9 cm³/mol. The number of hydrogen-bond donors (Lipinski definition) is 0. The second-order valence-electron chi connectivity index (χ2n) is 1.48. The zero-order valence-electron chi connectivity index (χ0n) is 9.68. The van der Waals surface area contributed by atoms with Crippen LogP contribution in [0.15, 0.2) is 13.2 Å². The molecule has 0 spiro atoms. The van der Waals surface area contributed by atoms with Crippen LogP contribution in [0.4, 0.5) is 51.8 Å². The van der Waals surface area contributed by atoms with Crippen LogP contribution in [-0.2, 0) is 0 Å². The molecule has 16 heteroatoms. The van der Waals surface area contributed by atoms with E-state index in [-0.39, 0.29) is 52.8 Å². The molecule has 110 valence electrons. The SMILES string of the molecule is C=C.F[B-](F)(F)F.F[B-](F)(F)F.F[B-](F)(F)F.[H-].[K+]. The normalized spacial score (nSPS) is 10.2. The summed E-state index contributed by atoms with van der Waals surface area (Å²) in [4.78, 5) is 0. The monoisotopic (exact) mass is 329 g/mol. The molecule has 0 radical (unpaired) electrons. The Balaban J connectivity index is -0.0000000298. The molecule has 0 aliphatic carbocycles. The molecule has 0 aromatic carbocycles. The first-order chi connectivity index (χ1) is 7.00. The van der Waals surface area contributed by atoms with Gasteiger partial charge in [-0.3, -0.25) is 0 Å². The Labute approximate surface area is 138 Å². The van der Waals surface area contributed by atoms with E-state index in [1.165, 1.54) is 0 Å². The largest absolute Gasteiger partial charge is 1.00 e. The fourth-order valence-electron chi connectivity index (χ4n) is 0. The van der Waals surface area contributed by atoms with E-state index in [0.29, 0.717) is 0 Å². The quantitative estimate of drug-likeness (QED) is 0.361. The Kier molecular flexibility index (Phi) is 24.5. The van der Waals surface area contributed by atoms with Gasteiger partial charge < -0.3 is 53.2 Å². The average Bonchev–Trinajstić information content (AvgIpc) is 1.77. The molecule has 0 atom stereocenters. The van der Waals surface area contributed by atoms with Crippen molar-refractivity contribution in [1.82, 2.24) is 0 Å². The van der Waals surface area contributed by atoms with E-state index in [2.05, 4.69) is 13.2 Å². The van der Waals surface area contributed by atoms with Crippen molar-refractivity contribution in [2.75, 3.05) is 0 Å². The zero-order valence-corrected chi connectivity index (χ0v) is 11.8. The summed E-state index contributed by atoms with van der Waals surface area (Å²) < 4.78 is 117. The van der Waals surface area contributed by atoms with Crippen molar-refractivity contribution in [2.24, 2.45) is 0 Å². The minimum absolute atomic E-state index is 0. The van der Waals surface area contributed by atoms with E-state index < -0.39 is 21.8 Å². The molecule has 0 bridgehead atoms. The van der Waals surface area contributed by atoms with Gasteiger partial charge in [-0.15, -0.1) is 13.2 Å². The van der Waals surface area contributed by atoms with Crippen molar-refractivity contribution in [1.29, 1.82) is 0 Å². The summed E-state index contributed by atoms with van der Waals surface area (Å²) in [6.07, 6.45) is 0. The smallest absolute Gasteiger partial charge is 1.00 e. The van der Waals surface area contributed by atoms with Crippen molar-refractivity contribution >= 4 is 21.8 Å². The second-order valence-corrected chi connectivity index (χ2v) is 1.48. The standard InChI is InChI=1S/C2H4.3BF4.K.H/c1-2;3*2-1(3,4)5;;/h1-2H2;;;;;/q;3*-1;+1;-1. The summed E-state index contributed by atoms with van der Waals surface area (Å²) in [6.45, 7) is 6.00. The van der Waals surface area contributed by atoms with Gasteiger partial charge in [-0.1, -0.05) is 0 Å². The molecule has 0 aromatic rings. The van der Waals surface area contributed by atoms with Crippen molar-refractivity contribution < 1.29 is 105 Å². The van der Waals surface area contributed by atoms with E-state index in [4.69, 9.17) is 0 Å². The molecule has 0 rings (SSSR count). The topological polar surface area (TPSA) is 0 Å². The maximum Gasteiger partial charge on any atom is 1.00 e. The van der Waals surface area contributed by atoms with Crippen molar-refractivity contribution in [3.8, 4) is 0 Å². The summed E-state index contributed by atoms with van der Waals surface area (Å²) in [5.41, 5.74) is 0. The van der Waals surface area contributed by atoms with E-state index in [0.717, 1.165) is 0 Å². The van der Waals surface area contributed by atoms with Crippen LogP contribution in [0.3, 0.4) is 0 Å². The van der Waals surface area contributed by atoms with Gasteiger partial charge in [-0.05, 0) is 0 Å². The molecular weight excluding hydrogens is 324 g/mol. The van der Waals surface area contributed by atoms with Gasteiger partial charge >= 0.3 is 73.1 Å². The Morgan fingerprint density at radius 1 is 0.444 bits per heavy atom. The van der Waals surface area contributed by atoms with Gasteiger partial charge in [0.15, 0.2) is 0 Å². The van der Waals surface area contributed by atoms with Gasteiger partial charge in [0.25, 0.3) is 0 Å². The van der Waals surface area contributed by atoms with E-state index in [1.54, 1.807) is 0 Å². The summed E-state index contributed by atoms with van der Waals surface area (Å²) >= 11 is 0. The summed E-state index contributed by atoms with van der Waals surface area (Å²) in [7, 11) is -18.0. The maximum atomic E-state index is 9.75. The van der Waals surface area contributed by atoms with Crippen LogP contribution in [-0.4, -0.2) is 21.8 Å². The molecule has 18 heavy (non-hydrogen) atoms. The summed E-state index contributed by atoms with van der Waals surface area (Å²) in [5.74, 6) is 0. The Morgan fingerprint density at radius 3 is 0.444 bits per heavy atom. The first kappa shape index (κ1) is 31.2. The molecule has 0 saturated heterocycles. The molecule has 0 N–H and O–H groups in total. The van der Waals surface area contributed by atoms with Crippen LogP contribution in [0.25, 0.3) is 0 Å². The van der Waals surface area contributed by atoms with Gasteiger partial charge in [-0.2, -0.15) is 0 Å². The van der Waals surface area contributed by atoms with Crippen LogP contribution in [0.5, 0.6) is 0 Å². The molecule has 0 aromatic heterocycles. The maximum absolute atomic E-state index is 9.75. The zero-order chi connectivity index (χ0) is 15.5. The molecule has 0 amide bonds. The average molecular weight is 329 g/mol. The third-order valence-corrected chi connectivity index (χ3v) is 0. The predicted octanol–water partition coefficient (Wildman–Crippen LogP) is 1.82. The summed E-state index contributed by atoms with van der Waals surface area (Å²) in [6, 6.07) is 0. The Morgan fingerprint density at radius 2 is 0.444 bits per heavy atom. The third-order valence-electron chi connectivity index (χ3n) is 0. The number of halogens is 12. The van der Waals surface area contributed by atoms with Crippen LogP contribution in [0, 0.1) is 0 Å². The van der Waals surface area contributed by atoms with E-state index >= 15 is 0 Å². The van der Waals surface area contributed by atoms with Gasteiger partial charge in [0.2, 0.25) is 0 Å². The van der Waals surface area contributed by atoms with Gasteiger partial charge in [-0.25, -0.2) is 0 Å². The van der Waals surface area contributed by atoms with E-state index in [9.17, 15) is 51.8 Å². The van der Waals surface area contributed by atoms with Crippen molar-refractivity contribution in [2.45, 2.75) is 0 Å². The minimum atomic E-state index is -6.00. The Bertz CT molecular complexity index is 117. The first-order valence-electron chi connectivity index (χ1n) is 3.12. The number of rotatable bonds is 0. The fraction of sp³-hybridized carbons (Fsp3) is 0. The molecular formula is C2H5B3F12K-3. The summed E-state index contributed by atoms with van der Waals surface area (Å²) in [5, 5.41) is 0. The molecule has 0 unspecified atom stereocenters. The molecule has 0 aliphatic heterocycles. The van der Waals surface area contributed by atoms with Crippen LogP contribution in [0.2, 0.25) is 0 Å². The van der Waals surface area contributed by atoms with Crippen molar-refractivity contribution in [3.05, 3.63) is 13.2 Å². The van der Waals surface area contributed by atoms with Gasteiger partial charge in [0.1, 0.15) is 0 Å². The van der Waals surface area contributed by atoms with Gasteiger partial charge in [0, 0.05) is 0 Å². The van der Waals surface area contributed by atoms with E-state index in [1.807, 2.05) is 0 Å². The fourth-order valence-corrected chi connectivity index (χ4v) is 0. The molecule has 0 saturated carbocycles. The van der Waals surface area contributed by atoms with Crippen LogP contribution < -0.4 is 51.4 Å². The second kappa shape index (κ2) is 14.1. The molecule has 0 fully saturated rings.